The van der Waals surface area contributed by atoms with Crippen LogP contribution in [0.1, 0.15) is 41.6 Å². The molecule has 0 heterocycles. The minimum absolute atomic E-state index is 0.157. The smallest absolute Gasteiger partial charge is 0.310 e. The lowest BCUT2D eigenvalue weighted by molar-refractivity contribution is -0.137. The van der Waals surface area contributed by atoms with E-state index in [1.165, 1.54) is 23.3 Å². The summed E-state index contributed by atoms with van der Waals surface area (Å²) in [6.45, 7) is 4.92. The van der Waals surface area contributed by atoms with Gasteiger partial charge in [0, 0.05) is 6.04 Å². The van der Waals surface area contributed by atoms with E-state index >= 15 is 0 Å². The summed E-state index contributed by atoms with van der Waals surface area (Å²) < 4.78 is 38.3. The van der Waals surface area contributed by atoms with Crippen molar-refractivity contribution in [2.24, 2.45) is 0 Å². The lowest BCUT2D eigenvalue weighted by Crippen LogP contribution is -2.20. The second-order valence-electron chi connectivity index (χ2n) is 6.60. The van der Waals surface area contributed by atoms with Gasteiger partial charge in [0.15, 0.2) is 0 Å². The molecule has 0 aliphatic heterocycles. The number of aryl methyl sites for hydroxylation is 2. The summed E-state index contributed by atoms with van der Waals surface area (Å²) in [6.07, 6.45) is -2.89. The van der Waals surface area contributed by atoms with E-state index in [4.69, 9.17) is 0 Å². The Balaban J connectivity index is 1.95. The van der Waals surface area contributed by atoms with E-state index < -0.39 is 11.7 Å². The van der Waals surface area contributed by atoms with Crippen molar-refractivity contribution in [1.29, 1.82) is 0 Å². The molecule has 2 aromatic carbocycles. The average molecular weight is 373 g/mol. The van der Waals surface area contributed by atoms with E-state index in [0.29, 0.717) is 12.0 Å². The molecular weight excluding hydrogens is 347 g/mol. The third kappa shape index (κ3) is 7.06. The molecule has 0 radical (unpaired) electrons. The topological polar surface area (TPSA) is 12.0 Å². The number of halogens is 3. The number of rotatable bonds is 6. The van der Waals surface area contributed by atoms with Crippen molar-refractivity contribution < 1.29 is 13.2 Å². The van der Waals surface area contributed by atoms with E-state index in [-0.39, 0.29) is 6.04 Å². The number of hydrogen-bond donors (Lipinski definition) is 1. The second-order valence-corrected chi connectivity index (χ2v) is 6.60. The highest BCUT2D eigenvalue weighted by Gasteiger charge is 2.30. The Labute approximate surface area is 159 Å². The molecule has 4 heteroatoms. The predicted octanol–water partition coefficient (Wildman–Crippen LogP) is 6.42. The summed E-state index contributed by atoms with van der Waals surface area (Å²) in [4.78, 5) is 0. The Kier molecular flexibility index (Phi) is 7.86. The second kappa shape index (κ2) is 10.1. The summed E-state index contributed by atoms with van der Waals surface area (Å²) in [6, 6.07) is 21.9. The Bertz CT molecular complexity index is 782. The van der Waals surface area contributed by atoms with Crippen LogP contribution >= 0.6 is 0 Å². The van der Waals surface area contributed by atoms with Gasteiger partial charge >= 0.3 is 6.18 Å². The van der Waals surface area contributed by atoms with Gasteiger partial charge in [-0.05, 0) is 56.0 Å². The quantitative estimate of drug-likeness (QED) is 0.576. The minimum Gasteiger partial charge on any atom is -0.310 e. The lowest BCUT2D eigenvalue weighted by Gasteiger charge is -2.16. The molecule has 2 rings (SSSR count). The van der Waals surface area contributed by atoms with E-state index in [9.17, 15) is 13.2 Å². The van der Waals surface area contributed by atoms with Gasteiger partial charge in [-0.25, -0.2) is 0 Å². The van der Waals surface area contributed by atoms with Crippen LogP contribution in [0.3, 0.4) is 0 Å². The molecular formula is C23H26F3N. The summed E-state index contributed by atoms with van der Waals surface area (Å²) in [7, 11) is 0. The highest BCUT2D eigenvalue weighted by molar-refractivity contribution is 5.26. The zero-order valence-corrected chi connectivity index (χ0v) is 15.8. The van der Waals surface area contributed by atoms with Crippen LogP contribution in [0.2, 0.25) is 0 Å². The molecule has 0 aliphatic rings. The fraction of sp³-hybridized carbons (Fsp3) is 0.304. The predicted molar refractivity (Wildman–Crippen MR) is 105 cm³/mol. The van der Waals surface area contributed by atoms with Crippen LogP contribution < -0.4 is 5.32 Å². The van der Waals surface area contributed by atoms with Gasteiger partial charge in [0.2, 0.25) is 0 Å². The van der Waals surface area contributed by atoms with Crippen LogP contribution in [0.15, 0.2) is 72.8 Å². The van der Waals surface area contributed by atoms with Crippen LogP contribution in [0.25, 0.3) is 0 Å². The SMILES string of the molecule is Cc1ccccccccc1C(C)NCCCc1cccc(C(F)(F)F)c1. The molecule has 27 heavy (non-hydrogen) atoms. The van der Waals surface area contributed by atoms with Gasteiger partial charge in [0.25, 0.3) is 0 Å². The van der Waals surface area contributed by atoms with Crippen molar-refractivity contribution in [2.75, 3.05) is 6.54 Å². The normalized spacial score (nSPS) is 12.3. The fourth-order valence-corrected chi connectivity index (χ4v) is 2.95. The molecule has 0 spiro atoms. The average Bonchev–Trinajstić information content (AvgIpc) is 2.63. The maximum atomic E-state index is 12.8. The summed E-state index contributed by atoms with van der Waals surface area (Å²) in [5.74, 6) is 0. The molecule has 0 aliphatic carbocycles. The number of benzene rings is 1. The highest BCUT2D eigenvalue weighted by atomic mass is 19.4. The Morgan fingerprint density at radius 1 is 0.889 bits per heavy atom. The van der Waals surface area contributed by atoms with E-state index in [2.05, 4.69) is 31.3 Å². The van der Waals surface area contributed by atoms with Gasteiger partial charge in [0.1, 0.15) is 0 Å². The molecule has 1 unspecified atom stereocenters. The Morgan fingerprint density at radius 3 is 2.26 bits per heavy atom. The molecule has 144 valence electrons. The van der Waals surface area contributed by atoms with Crippen LogP contribution in [0.5, 0.6) is 0 Å². The van der Waals surface area contributed by atoms with Crippen molar-refractivity contribution >= 4 is 0 Å². The summed E-state index contributed by atoms with van der Waals surface area (Å²) in [5, 5.41) is 3.47. The molecule has 0 aromatic heterocycles. The zero-order chi connectivity index (χ0) is 19.7. The Hall–Kier alpha value is -2.33. The van der Waals surface area contributed by atoms with E-state index in [0.717, 1.165) is 19.0 Å². The third-order valence-electron chi connectivity index (χ3n) is 4.45. The largest absolute Gasteiger partial charge is 0.416 e. The zero-order valence-electron chi connectivity index (χ0n) is 15.8. The molecule has 0 bridgehead atoms. The van der Waals surface area contributed by atoms with Crippen LogP contribution in [0.4, 0.5) is 13.2 Å². The Morgan fingerprint density at radius 2 is 1.56 bits per heavy atom. The molecule has 0 saturated carbocycles. The van der Waals surface area contributed by atoms with Gasteiger partial charge in [-0.3, -0.25) is 0 Å². The molecule has 0 saturated heterocycles. The first-order valence-electron chi connectivity index (χ1n) is 9.16. The lowest BCUT2D eigenvalue weighted by atomic mass is 10.0. The molecule has 2 aromatic rings. The molecule has 0 fully saturated rings. The molecule has 0 amide bonds. The molecule has 1 N–H and O–H groups in total. The van der Waals surface area contributed by atoms with Crippen molar-refractivity contribution in [2.45, 2.75) is 38.9 Å². The van der Waals surface area contributed by atoms with Crippen LogP contribution in [-0.2, 0) is 12.6 Å². The van der Waals surface area contributed by atoms with E-state index in [1.54, 1.807) is 6.07 Å². The van der Waals surface area contributed by atoms with Crippen molar-refractivity contribution in [3.05, 3.63) is 95.1 Å². The molecule has 1 nitrogen and oxygen atoms in total. The van der Waals surface area contributed by atoms with Crippen LogP contribution in [0, 0.1) is 6.92 Å². The van der Waals surface area contributed by atoms with Crippen molar-refractivity contribution in [1.82, 2.24) is 5.32 Å². The van der Waals surface area contributed by atoms with Gasteiger partial charge in [0.05, 0.1) is 5.56 Å². The maximum absolute atomic E-state index is 12.8. The van der Waals surface area contributed by atoms with Gasteiger partial charge in [-0.15, -0.1) is 0 Å². The number of alkyl halides is 3. The fourth-order valence-electron chi connectivity index (χ4n) is 2.95. The standard InChI is InChI=1S/C23H26F3N/c1-18-11-7-5-3-4-6-8-15-22(18)19(2)27-16-10-13-20-12-9-14-21(17-20)23(24,25)26/h3-9,11-12,14-15,17,19,27H,10,13,16H2,1-2H3. The first kappa shape index (κ1) is 21.0. The minimum atomic E-state index is -4.29. The van der Waals surface area contributed by atoms with Crippen LogP contribution in [-0.4, -0.2) is 6.54 Å². The van der Waals surface area contributed by atoms with Gasteiger partial charge < -0.3 is 5.32 Å². The highest BCUT2D eigenvalue weighted by Crippen LogP contribution is 2.29. The maximum Gasteiger partial charge on any atom is 0.416 e. The van der Waals surface area contributed by atoms with Crippen molar-refractivity contribution in [3.8, 4) is 0 Å². The third-order valence-corrected chi connectivity index (χ3v) is 4.45. The molecule has 1 atom stereocenters. The van der Waals surface area contributed by atoms with Crippen molar-refractivity contribution in [3.63, 3.8) is 0 Å². The number of hydrogen-bond acceptors (Lipinski definition) is 1. The summed E-state index contributed by atoms with van der Waals surface area (Å²) in [5.41, 5.74) is 2.52. The first-order valence-corrected chi connectivity index (χ1v) is 9.16. The van der Waals surface area contributed by atoms with E-state index in [1.807, 2.05) is 36.4 Å². The number of nitrogens with one attached hydrogen (secondary N) is 1. The summed E-state index contributed by atoms with van der Waals surface area (Å²) >= 11 is 0. The first-order chi connectivity index (χ1) is 12.9. The van der Waals surface area contributed by atoms with Gasteiger partial charge in [-0.1, -0.05) is 66.7 Å². The van der Waals surface area contributed by atoms with Gasteiger partial charge in [-0.2, -0.15) is 13.2 Å². The monoisotopic (exact) mass is 373 g/mol.